The summed E-state index contributed by atoms with van der Waals surface area (Å²) in [4.78, 5) is 72.3. The lowest BCUT2D eigenvalue weighted by Gasteiger charge is -2.42. The van der Waals surface area contributed by atoms with Crippen LogP contribution in [0.15, 0.2) is 53.9 Å². The maximum atomic E-state index is 14.5. The Labute approximate surface area is 408 Å². The Kier molecular flexibility index (Phi) is 20.8. The van der Waals surface area contributed by atoms with Crippen molar-refractivity contribution in [2.75, 3.05) is 27.9 Å². The van der Waals surface area contributed by atoms with Crippen LogP contribution in [0.25, 0.3) is 0 Å². The van der Waals surface area contributed by atoms with Crippen molar-refractivity contribution >= 4 is 29.2 Å². The number of aromatic nitrogens is 4. The number of rotatable bonds is 7. The molecule has 3 aliphatic heterocycles. The minimum Gasteiger partial charge on any atom is -0.460 e. The molecule has 0 spiro atoms. The van der Waals surface area contributed by atoms with Gasteiger partial charge in [-0.3, -0.25) is 19.2 Å². The predicted octanol–water partition coefficient (Wildman–Crippen LogP) is 6.05. The fourth-order valence-electron chi connectivity index (χ4n) is 10.7. The van der Waals surface area contributed by atoms with Crippen molar-refractivity contribution in [3.8, 4) is 0 Å². The van der Waals surface area contributed by atoms with Crippen molar-refractivity contribution < 1.29 is 57.9 Å². The van der Waals surface area contributed by atoms with Crippen molar-refractivity contribution in [1.82, 2.24) is 25.1 Å². The zero-order valence-electron chi connectivity index (χ0n) is 42.5. The highest BCUT2D eigenvalue weighted by Crippen LogP contribution is 2.39. The lowest BCUT2D eigenvalue weighted by molar-refractivity contribution is -0.265. The third-order valence-corrected chi connectivity index (χ3v) is 15.2. The van der Waals surface area contributed by atoms with Crippen LogP contribution in [0.5, 0.6) is 0 Å². The summed E-state index contributed by atoms with van der Waals surface area (Å²) in [5, 5.41) is 35.2. The number of carbonyl (C=O) groups is 5. The summed E-state index contributed by atoms with van der Waals surface area (Å²) in [6.07, 6.45) is 13.9. The molecule has 2 bridgehead atoms. The maximum Gasteiger partial charge on any atom is 0.329 e. The first-order valence-corrected chi connectivity index (χ1v) is 25.0. The van der Waals surface area contributed by atoms with Gasteiger partial charge in [-0.15, -0.1) is 5.10 Å². The van der Waals surface area contributed by atoms with Crippen molar-refractivity contribution in [3.63, 3.8) is 0 Å². The van der Waals surface area contributed by atoms with E-state index in [1.807, 2.05) is 58.1 Å². The molecule has 0 radical (unpaired) electrons. The fraction of sp³-hybridized carbons (Fsp3) is 0.731. The summed E-state index contributed by atoms with van der Waals surface area (Å²) in [7, 11) is 4.62. The van der Waals surface area contributed by atoms with Crippen LogP contribution >= 0.6 is 0 Å². The highest BCUT2D eigenvalue weighted by atomic mass is 16.6. The molecule has 1 amide bonds. The minimum absolute atomic E-state index is 0.0170. The molecule has 2 N–H and O–H groups in total. The monoisotopic (exact) mass is 966 g/mol. The van der Waals surface area contributed by atoms with Gasteiger partial charge in [0.2, 0.25) is 5.79 Å². The summed E-state index contributed by atoms with van der Waals surface area (Å²) >= 11 is 0. The first kappa shape index (κ1) is 55.7. The minimum atomic E-state index is -2.43. The SMILES string of the molecule is CO[C@H]1C[C@@H]2CCC(C)[C@@](O)(O2)C(=O)C(=O)N2CCCC[C@H]2C(=O)O[C@H]([C@H](C)C[C@@H]2CC[C@H](n3cnnn3)[C@H](OC)C2)CC(=O)[C@H](C)/C=C(\C)[C@@H](O)[C@@H](OC)C(=O)[C@@H](C)C[C@H](C)/C=C/C=CC=C1C. The number of carbonyl (C=O) groups excluding carboxylic acids is 5. The number of hydrogen-bond acceptors (Lipinski definition) is 15. The molecule has 69 heavy (non-hydrogen) atoms. The number of ketones is 3. The number of esters is 1. The van der Waals surface area contributed by atoms with Crippen LogP contribution in [0.1, 0.15) is 132 Å². The van der Waals surface area contributed by atoms with Crippen molar-refractivity contribution in [1.29, 1.82) is 0 Å². The van der Waals surface area contributed by atoms with Crippen LogP contribution in [0.2, 0.25) is 0 Å². The van der Waals surface area contributed by atoms with Gasteiger partial charge in [-0.2, -0.15) is 0 Å². The van der Waals surface area contributed by atoms with E-state index in [2.05, 4.69) is 15.5 Å². The average molecular weight is 966 g/mol. The number of methoxy groups -OCH3 is 3. The first-order valence-electron chi connectivity index (χ1n) is 25.0. The molecule has 3 fully saturated rings. The first-order chi connectivity index (χ1) is 32.8. The quantitative estimate of drug-likeness (QED) is 0.181. The van der Waals surface area contributed by atoms with Gasteiger partial charge in [0.1, 0.15) is 36.5 Å². The van der Waals surface area contributed by atoms with Crippen molar-refractivity contribution in [2.24, 2.45) is 35.5 Å². The molecule has 1 unspecified atom stereocenters. The van der Waals surface area contributed by atoms with Crippen LogP contribution in [-0.4, -0.2) is 141 Å². The standard InChI is InChI=1S/C52H79N5O12/c1-31-16-12-11-13-17-32(2)43(65-8)28-39-21-19-37(7)52(64,69-39)49(61)50(62)56-23-15-14-18-41(56)51(63)68-44(34(4)26-38-20-22-40(45(27-38)66-9)57-30-53-54-55-57)29-42(58)33(3)25-36(6)47(60)48(67-10)46(59)35(5)24-31/h11-13,16-17,25,30-31,33-35,37-41,43-45,47-48,60,64H,14-15,18-24,26-29H2,1-10H3/b13-11?,16-12+,32-17?,36-25+/t31-,33-,34-,35+,37?,38+,39+,40+,41+,43+,44+,45-,47-,48+,52-/m1/s1. The molecule has 384 valence electrons. The summed E-state index contributed by atoms with van der Waals surface area (Å²) in [6, 6.07) is -1.19. The highest BCUT2D eigenvalue weighted by Gasteiger charge is 2.53. The summed E-state index contributed by atoms with van der Waals surface area (Å²) in [6.45, 7) is 12.8. The number of aliphatic hydroxyl groups excluding tert-OH is 1. The topological polar surface area (TPSA) is 219 Å². The van der Waals surface area contributed by atoms with Gasteiger partial charge < -0.3 is 38.8 Å². The van der Waals surface area contributed by atoms with Gasteiger partial charge >= 0.3 is 5.97 Å². The number of hydrogen-bond donors (Lipinski definition) is 2. The number of amides is 1. The van der Waals surface area contributed by atoms with Crippen LogP contribution in [0, 0.1) is 35.5 Å². The second kappa shape index (κ2) is 25.7. The number of tetrazole rings is 1. The zero-order chi connectivity index (χ0) is 50.6. The third-order valence-electron chi connectivity index (χ3n) is 15.2. The number of Topliss-reactive ketones (excluding diaryl/α,β-unsaturated/α-hetero) is 3. The summed E-state index contributed by atoms with van der Waals surface area (Å²) < 4.78 is 31.6. The third kappa shape index (κ3) is 14.2. The van der Waals surface area contributed by atoms with E-state index in [9.17, 15) is 34.2 Å². The number of piperidine rings is 1. The van der Waals surface area contributed by atoms with Gasteiger partial charge in [-0.25, -0.2) is 9.48 Å². The number of nitrogens with zero attached hydrogens (tertiary/aromatic N) is 5. The Hall–Kier alpha value is -4.26. The van der Waals surface area contributed by atoms with Crippen LogP contribution in [-0.2, 0) is 47.7 Å². The van der Waals surface area contributed by atoms with E-state index in [1.165, 1.54) is 12.0 Å². The number of ether oxygens (including phenoxy) is 5. The summed E-state index contributed by atoms with van der Waals surface area (Å²) in [5.74, 6) is -7.92. The Bertz CT molecular complexity index is 2020. The largest absolute Gasteiger partial charge is 0.460 e. The average Bonchev–Trinajstić information content (AvgIpc) is 3.88. The molecule has 17 nitrogen and oxygen atoms in total. The Balaban J connectivity index is 1.46. The number of allylic oxidation sites excluding steroid dienone is 6. The second-order valence-electron chi connectivity index (χ2n) is 20.4. The van der Waals surface area contributed by atoms with Crippen molar-refractivity contribution in [2.45, 2.75) is 180 Å². The lowest BCUT2D eigenvalue weighted by atomic mass is 9.77. The molecule has 1 aromatic rings. The van der Waals surface area contributed by atoms with Crippen LogP contribution in [0.3, 0.4) is 0 Å². The van der Waals surface area contributed by atoms with Crippen LogP contribution < -0.4 is 0 Å². The molecule has 1 aliphatic carbocycles. The van der Waals surface area contributed by atoms with Crippen LogP contribution in [0.4, 0.5) is 0 Å². The van der Waals surface area contributed by atoms with E-state index in [-0.39, 0.29) is 60.9 Å². The molecule has 4 heterocycles. The number of fused-ring (bicyclic) bond motifs is 3. The Morgan fingerprint density at radius 3 is 2.32 bits per heavy atom. The smallest absolute Gasteiger partial charge is 0.329 e. The van der Waals surface area contributed by atoms with E-state index in [1.54, 1.807) is 52.1 Å². The van der Waals surface area contributed by atoms with Gasteiger partial charge in [0.05, 0.1) is 24.4 Å². The molecular weight excluding hydrogens is 887 g/mol. The molecule has 1 aromatic heterocycles. The normalized spacial score (nSPS) is 37.5. The zero-order valence-corrected chi connectivity index (χ0v) is 42.5. The fourth-order valence-corrected chi connectivity index (χ4v) is 10.7. The molecular formula is C52H79N5O12. The van der Waals surface area contributed by atoms with E-state index >= 15 is 0 Å². The molecule has 1 saturated carbocycles. The highest BCUT2D eigenvalue weighted by molar-refractivity contribution is 6.39. The van der Waals surface area contributed by atoms with E-state index in [4.69, 9.17) is 23.7 Å². The molecule has 15 atom stereocenters. The molecule has 5 rings (SSSR count). The predicted molar refractivity (Wildman–Crippen MR) is 256 cm³/mol. The second-order valence-corrected chi connectivity index (χ2v) is 20.4. The van der Waals surface area contributed by atoms with Gasteiger partial charge in [-0.05, 0) is 117 Å². The number of aliphatic hydroxyl groups is 2. The van der Waals surface area contributed by atoms with E-state index in [0.717, 1.165) is 18.4 Å². The van der Waals surface area contributed by atoms with Gasteiger partial charge in [-0.1, -0.05) is 71.1 Å². The van der Waals surface area contributed by atoms with E-state index < -0.39 is 77.8 Å². The van der Waals surface area contributed by atoms with Gasteiger partial charge in [0.15, 0.2) is 5.78 Å². The molecule has 0 aromatic carbocycles. The van der Waals surface area contributed by atoms with E-state index in [0.29, 0.717) is 56.9 Å². The summed E-state index contributed by atoms with van der Waals surface area (Å²) in [5.41, 5.74) is 1.27. The van der Waals surface area contributed by atoms with Gasteiger partial charge in [0, 0.05) is 58.5 Å². The molecule has 2 saturated heterocycles. The van der Waals surface area contributed by atoms with Gasteiger partial charge in [0.25, 0.3) is 11.7 Å². The van der Waals surface area contributed by atoms with Crippen molar-refractivity contribution in [3.05, 3.63) is 53.9 Å². The maximum absolute atomic E-state index is 14.5. The number of cyclic esters (lactones) is 1. The molecule has 17 heteroatoms. The Morgan fingerprint density at radius 2 is 1.64 bits per heavy atom. The Morgan fingerprint density at radius 1 is 0.884 bits per heavy atom. The molecule has 4 aliphatic rings. The lowest BCUT2D eigenvalue weighted by Crippen LogP contribution is -2.61.